The molecule has 2 N–H and O–H groups in total. The lowest BCUT2D eigenvalue weighted by Gasteiger charge is -2.20. The van der Waals surface area contributed by atoms with Crippen LogP contribution in [0.15, 0.2) is 35.5 Å². The van der Waals surface area contributed by atoms with Crippen LogP contribution in [0.2, 0.25) is 0 Å². The van der Waals surface area contributed by atoms with Gasteiger partial charge in [-0.15, -0.1) is 5.10 Å². The molecule has 0 bridgehead atoms. The highest BCUT2D eigenvalue weighted by Gasteiger charge is 2.29. The molecule has 1 aromatic heterocycles. The fourth-order valence-corrected chi connectivity index (χ4v) is 3.29. The van der Waals surface area contributed by atoms with Gasteiger partial charge in [0.1, 0.15) is 12.4 Å². The number of carboxylic acid groups (broad SMARTS) is 1. The second-order valence-corrected chi connectivity index (χ2v) is 6.79. The molecule has 0 saturated heterocycles. The van der Waals surface area contributed by atoms with Crippen molar-refractivity contribution >= 4 is 16.0 Å². The highest BCUT2D eigenvalue weighted by Crippen LogP contribution is 2.16. The van der Waals surface area contributed by atoms with Crippen molar-refractivity contribution in [2.75, 3.05) is 0 Å². The van der Waals surface area contributed by atoms with E-state index in [-0.39, 0.29) is 10.8 Å². The quantitative estimate of drug-likeness (QED) is 0.749. The number of carbonyl (C=O) groups is 1. The predicted molar refractivity (Wildman–Crippen MR) is 80.4 cm³/mol. The number of nitrogens with zero attached hydrogens (tertiary/aromatic N) is 4. The number of carboxylic acids is 1. The van der Waals surface area contributed by atoms with Gasteiger partial charge in [-0.3, -0.25) is 4.79 Å². The predicted octanol–water partition coefficient (Wildman–Crippen LogP) is 0.440. The highest BCUT2D eigenvalue weighted by molar-refractivity contribution is 7.89. The smallest absolute Gasteiger partial charge is 0.322 e. The monoisotopic (exact) mass is 339 g/mol. The van der Waals surface area contributed by atoms with Crippen molar-refractivity contribution in [3.05, 3.63) is 30.6 Å². The Labute approximate surface area is 133 Å². The van der Waals surface area contributed by atoms with Crippen molar-refractivity contribution in [3.63, 3.8) is 0 Å². The van der Waals surface area contributed by atoms with Gasteiger partial charge in [-0.25, -0.2) is 13.1 Å². The molecule has 23 heavy (non-hydrogen) atoms. The summed E-state index contributed by atoms with van der Waals surface area (Å²) in [4.78, 5) is 11.2. The summed E-state index contributed by atoms with van der Waals surface area (Å²) >= 11 is 0. The Kier molecular flexibility index (Phi) is 5.06. The first-order chi connectivity index (χ1) is 10.8. The highest BCUT2D eigenvalue weighted by atomic mass is 32.2. The maximum Gasteiger partial charge on any atom is 0.322 e. The first-order valence-electron chi connectivity index (χ1n) is 6.93. The van der Waals surface area contributed by atoms with E-state index in [1.807, 2.05) is 0 Å². The fourth-order valence-electron chi connectivity index (χ4n) is 1.95. The van der Waals surface area contributed by atoms with E-state index in [1.165, 1.54) is 29.2 Å². The van der Waals surface area contributed by atoms with Crippen LogP contribution in [0.3, 0.4) is 0 Å². The molecule has 124 valence electrons. The number of aliphatic carboxylic acids is 1. The molecule has 0 fully saturated rings. The van der Waals surface area contributed by atoms with Crippen molar-refractivity contribution in [3.8, 4) is 5.69 Å². The van der Waals surface area contributed by atoms with Crippen molar-refractivity contribution < 1.29 is 18.3 Å². The Bertz CT molecular complexity index is 775. The number of sulfonamides is 1. The van der Waals surface area contributed by atoms with Crippen molar-refractivity contribution in [1.82, 2.24) is 24.9 Å². The van der Waals surface area contributed by atoms with Crippen molar-refractivity contribution in [1.29, 1.82) is 0 Å². The van der Waals surface area contributed by atoms with Gasteiger partial charge in [0.15, 0.2) is 0 Å². The maximum atomic E-state index is 12.5. The third kappa shape index (κ3) is 3.90. The summed E-state index contributed by atoms with van der Waals surface area (Å²) in [6.07, 6.45) is 1.86. The van der Waals surface area contributed by atoms with Crippen LogP contribution < -0.4 is 4.72 Å². The largest absolute Gasteiger partial charge is 0.480 e. The van der Waals surface area contributed by atoms with E-state index in [4.69, 9.17) is 0 Å². The minimum Gasteiger partial charge on any atom is -0.480 e. The van der Waals surface area contributed by atoms with Crippen molar-refractivity contribution in [2.24, 2.45) is 5.92 Å². The summed E-state index contributed by atoms with van der Waals surface area (Å²) in [5, 5.41) is 19.9. The van der Waals surface area contributed by atoms with Crippen LogP contribution in [0.25, 0.3) is 5.69 Å². The summed E-state index contributed by atoms with van der Waals surface area (Å²) in [5.41, 5.74) is 0.452. The van der Waals surface area contributed by atoms with Gasteiger partial charge in [0.2, 0.25) is 10.0 Å². The standard InChI is InChI=1S/C13H17N5O4S/c1-3-9(2)12(13(19)20)15-23(21,22)11-6-4-5-10(7-11)18-8-14-16-17-18/h4-9,12,15H,3H2,1-2H3,(H,19,20)/t9-,12-/m0/s1. The molecular weight excluding hydrogens is 322 g/mol. The molecule has 1 heterocycles. The Morgan fingerprint density at radius 2 is 2.17 bits per heavy atom. The molecule has 0 aliphatic heterocycles. The molecule has 0 aliphatic carbocycles. The summed E-state index contributed by atoms with van der Waals surface area (Å²) in [6, 6.07) is 4.73. The third-order valence-electron chi connectivity index (χ3n) is 3.50. The normalized spacial score (nSPS) is 14.3. The summed E-state index contributed by atoms with van der Waals surface area (Å²) < 4.78 is 28.5. The molecule has 2 rings (SSSR count). The lowest BCUT2D eigenvalue weighted by molar-refractivity contribution is -0.140. The fraction of sp³-hybridized carbons (Fsp3) is 0.385. The van der Waals surface area contributed by atoms with Gasteiger partial charge < -0.3 is 5.11 Å². The molecule has 0 radical (unpaired) electrons. The van der Waals surface area contributed by atoms with Gasteiger partial charge in [-0.05, 0) is 34.5 Å². The molecule has 2 atom stereocenters. The van der Waals surface area contributed by atoms with E-state index in [2.05, 4.69) is 20.2 Å². The number of aromatic nitrogens is 4. The molecule has 0 spiro atoms. The van der Waals surface area contributed by atoms with Gasteiger partial charge in [-0.1, -0.05) is 26.3 Å². The molecule has 2 aromatic rings. The van der Waals surface area contributed by atoms with Crippen LogP contribution in [-0.4, -0.2) is 45.7 Å². The third-order valence-corrected chi connectivity index (χ3v) is 4.94. The number of benzene rings is 1. The van der Waals surface area contributed by atoms with E-state index in [0.29, 0.717) is 12.1 Å². The van der Waals surface area contributed by atoms with E-state index < -0.39 is 22.0 Å². The zero-order valence-corrected chi connectivity index (χ0v) is 13.4. The Balaban J connectivity index is 2.32. The van der Waals surface area contributed by atoms with Gasteiger partial charge in [0.05, 0.1) is 10.6 Å². The molecule has 1 aromatic carbocycles. The molecule has 0 unspecified atom stereocenters. The maximum absolute atomic E-state index is 12.5. The van der Waals surface area contributed by atoms with Gasteiger partial charge in [0, 0.05) is 0 Å². The Hall–Kier alpha value is -2.33. The minimum atomic E-state index is -3.99. The van der Waals surface area contributed by atoms with Gasteiger partial charge >= 0.3 is 5.97 Å². The average molecular weight is 339 g/mol. The van der Waals surface area contributed by atoms with Crippen LogP contribution in [0, 0.1) is 5.92 Å². The van der Waals surface area contributed by atoms with E-state index in [9.17, 15) is 18.3 Å². The van der Waals surface area contributed by atoms with Crippen LogP contribution in [0.5, 0.6) is 0 Å². The van der Waals surface area contributed by atoms with Gasteiger partial charge in [0.25, 0.3) is 0 Å². The molecule has 0 amide bonds. The molecule has 0 aliphatic rings. The van der Waals surface area contributed by atoms with Crippen LogP contribution in [-0.2, 0) is 14.8 Å². The minimum absolute atomic E-state index is 0.0555. The van der Waals surface area contributed by atoms with E-state index in [0.717, 1.165) is 0 Å². The lowest BCUT2D eigenvalue weighted by Crippen LogP contribution is -2.44. The Morgan fingerprint density at radius 3 is 2.74 bits per heavy atom. The van der Waals surface area contributed by atoms with E-state index >= 15 is 0 Å². The zero-order valence-electron chi connectivity index (χ0n) is 12.6. The zero-order chi connectivity index (χ0) is 17.0. The van der Waals surface area contributed by atoms with Crippen LogP contribution in [0.4, 0.5) is 0 Å². The second-order valence-electron chi connectivity index (χ2n) is 5.07. The van der Waals surface area contributed by atoms with Crippen LogP contribution in [0.1, 0.15) is 20.3 Å². The van der Waals surface area contributed by atoms with Gasteiger partial charge in [-0.2, -0.15) is 4.72 Å². The summed E-state index contributed by atoms with van der Waals surface area (Å²) in [5.74, 6) is -1.55. The molecule has 10 heteroatoms. The number of hydrogen-bond donors (Lipinski definition) is 2. The molecular formula is C13H17N5O4S. The summed E-state index contributed by atoms with van der Waals surface area (Å²) in [6.45, 7) is 3.48. The Morgan fingerprint density at radius 1 is 1.43 bits per heavy atom. The first-order valence-corrected chi connectivity index (χ1v) is 8.42. The number of rotatable bonds is 7. The van der Waals surface area contributed by atoms with Crippen molar-refractivity contribution in [2.45, 2.75) is 31.2 Å². The second kappa shape index (κ2) is 6.84. The van der Waals surface area contributed by atoms with Crippen LogP contribution >= 0.6 is 0 Å². The SMILES string of the molecule is CC[C@H](C)[C@H](NS(=O)(=O)c1cccc(-n2cnnn2)c1)C(=O)O. The number of nitrogens with one attached hydrogen (secondary N) is 1. The molecule has 0 saturated carbocycles. The lowest BCUT2D eigenvalue weighted by atomic mass is 10.0. The number of tetrazole rings is 1. The molecule has 9 nitrogen and oxygen atoms in total. The number of hydrogen-bond acceptors (Lipinski definition) is 6. The van der Waals surface area contributed by atoms with E-state index in [1.54, 1.807) is 19.9 Å². The summed E-state index contributed by atoms with van der Waals surface area (Å²) in [7, 11) is -3.99. The first kappa shape index (κ1) is 17.0. The average Bonchev–Trinajstić information content (AvgIpc) is 3.06. The topological polar surface area (TPSA) is 127 Å².